The number of allylic oxidation sites excluding steroid dienone is 1. The molecule has 2 aromatic rings. The molecule has 1 aromatic heterocycles. The van der Waals surface area contributed by atoms with Gasteiger partial charge in [-0.1, -0.05) is 25.0 Å². The fraction of sp³-hybridized carbons (Fsp3) is 0.605. The van der Waals surface area contributed by atoms with Crippen LogP contribution in [-0.4, -0.2) is 88.8 Å². The van der Waals surface area contributed by atoms with Crippen LogP contribution in [0.2, 0.25) is 0 Å². The Morgan fingerprint density at radius 1 is 1.09 bits per heavy atom. The Labute approximate surface area is 308 Å². The van der Waals surface area contributed by atoms with Gasteiger partial charge < -0.3 is 30.1 Å². The molecule has 6 aliphatic rings. The maximum absolute atomic E-state index is 14.6. The molecule has 0 radical (unpaired) electrons. The topological polar surface area (TPSA) is 193 Å². The first-order chi connectivity index (χ1) is 25.3. The number of methoxy groups -OCH3 is 1. The van der Waals surface area contributed by atoms with Gasteiger partial charge in [0.05, 0.1) is 29.6 Å². The van der Waals surface area contributed by atoms with Gasteiger partial charge in [0.15, 0.2) is 0 Å². The van der Waals surface area contributed by atoms with Crippen molar-refractivity contribution in [1.29, 1.82) is 0 Å². The fourth-order valence-corrected chi connectivity index (χ4v) is 9.76. The highest BCUT2D eigenvalue weighted by Crippen LogP contribution is 2.52. The quantitative estimate of drug-likeness (QED) is 0.316. The van der Waals surface area contributed by atoms with Gasteiger partial charge >= 0.3 is 6.09 Å². The van der Waals surface area contributed by atoms with Crippen molar-refractivity contribution < 1.29 is 42.2 Å². The van der Waals surface area contributed by atoms with E-state index >= 15 is 0 Å². The van der Waals surface area contributed by atoms with Gasteiger partial charge in [-0.05, 0) is 89.3 Å². The summed E-state index contributed by atoms with van der Waals surface area (Å²) < 4.78 is 40.1. The molecule has 1 saturated heterocycles. The predicted octanol–water partition coefficient (Wildman–Crippen LogP) is 3.82. The van der Waals surface area contributed by atoms with Gasteiger partial charge in [0.2, 0.25) is 21.8 Å². The summed E-state index contributed by atoms with van der Waals surface area (Å²) in [7, 11) is -2.38. The molecular weight excluding hydrogens is 703 g/mol. The summed E-state index contributed by atoms with van der Waals surface area (Å²) >= 11 is 0. The highest BCUT2D eigenvalue weighted by Gasteiger charge is 2.64. The number of benzene rings is 1. The molecule has 0 bridgehead atoms. The first-order valence-corrected chi connectivity index (χ1v) is 20.3. The number of amides is 4. The first kappa shape index (κ1) is 35.6. The maximum atomic E-state index is 14.6. The van der Waals surface area contributed by atoms with E-state index in [0.29, 0.717) is 50.0 Å². The van der Waals surface area contributed by atoms with Gasteiger partial charge in [-0.3, -0.25) is 19.1 Å². The van der Waals surface area contributed by atoms with Crippen molar-refractivity contribution in [3.05, 3.63) is 41.6 Å². The Bertz CT molecular complexity index is 2030. The Morgan fingerprint density at radius 2 is 1.89 bits per heavy atom. The van der Waals surface area contributed by atoms with E-state index in [1.807, 2.05) is 30.4 Å². The normalized spacial score (nSPS) is 31.4. The second-order valence-corrected chi connectivity index (χ2v) is 18.4. The lowest BCUT2D eigenvalue weighted by atomic mass is 9.86. The van der Waals surface area contributed by atoms with Crippen molar-refractivity contribution in [2.24, 2.45) is 5.92 Å². The number of rotatable bonds is 6. The van der Waals surface area contributed by atoms with Crippen LogP contribution in [0.15, 0.2) is 30.4 Å². The fourth-order valence-electron chi connectivity index (χ4n) is 8.44. The van der Waals surface area contributed by atoms with Crippen LogP contribution in [0.5, 0.6) is 11.5 Å². The number of carbonyl (C=O) groups is 4. The van der Waals surface area contributed by atoms with Crippen LogP contribution in [0.1, 0.15) is 101 Å². The second kappa shape index (κ2) is 12.9. The Morgan fingerprint density at radius 3 is 2.60 bits per heavy atom. The molecule has 3 aliphatic carbocycles. The molecule has 8 rings (SSSR count). The Hall–Kier alpha value is -4.40. The van der Waals surface area contributed by atoms with Gasteiger partial charge in [0, 0.05) is 29.2 Å². The van der Waals surface area contributed by atoms with E-state index in [-0.39, 0.29) is 31.7 Å². The minimum Gasteiger partial charge on any atom is -0.497 e. The monoisotopic (exact) mass is 749 g/mol. The number of aromatic nitrogens is 1. The molecule has 3 saturated carbocycles. The SMILES string of the molecule is COc1ccc2nc(C3CC3)c3c(c2c1)CC[C@@]1(C[C@H]2C(=O)N[C@]4(C(=O)NS(=O)(=O)C5(C)CC5)C[C@H]4/C=C\CCCCC[C@H](NC(=O)O)C(=O)N2C1)O3. The van der Waals surface area contributed by atoms with Crippen molar-refractivity contribution in [2.75, 3.05) is 13.7 Å². The number of sulfonamides is 1. The zero-order valence-electron chi connectivity index (χ0n) is 30.1. The van der Waals surface area contributed by atoms with Crippen LogP contribution in [-0.2, 0) is 30.8 Å². The number of nitrogens with zero attached hydrogens (tertiary/aromatic N) is 2. The molecular formula is C38H47N5O9S. The third-order valence-electron chi connectivity index (χ3n) is 12.3. The molecule has 14 nitrogen and oxygen atoms in total. The van der Waals surface area contributed by atoms with Gasteiger partial charge in [-0.2, -0.15) is 0 Å². The average Bonchev–Trinajstić information content (AvgIpc) is 4.06. The van der Waals surface area contributed by atoms with E-state index in [1.165, 1.54) is 4.90 Å². The number of pyridine rings is 1. The largest absolute Gasteiger partial charge is 0.497 e. The number of carbonyl (C=O) groups excluding carboxylic acids is 3. The van der Waals surface area contributed by atoms with Crippen LogP contribution in [0.4, 0.5) is 4.79 Å². The standard InChI is InChI=1S/C38H47N5O9S/c1-36(16-17-36)53(49,50)42-34(46)38-19-23(38)8-6-4-3-5-7-9-28(40-35(47)48)33(45)43-21-37(20-29(43)32(44)41-38)15-14-25-26-18-24(51-2)12-13-27(26)39-30(22-10-11-22)31(25)52-37/h6,8,12-13,18,22-23,28-29,40H,3-5,7,9-11,14-17,19-21H2,1-2H3,(H,41,44)(H,42,46)(H,47,48)/b8-6-/t23-,28+,29+,37+,38-/m1/s1. The van der Waals surface area contributed by atoms with Crippen LogP contribution in [0.25, 0.3) is 10.9 Å². The van der Waals surface area contributed by atoms with Gasteiger partial charge in [0.25, 0.3) is 5.91 Å². The summed E-state index contributed by atoms with van der Waals surface area (Å²) in [5.41, 5.74) is 0.189. The zero-order valence-corrected chi connectivity index (χ0v) is 30.9. The van der Waals surface area contributed by atoms with Gasteiger partial charge in [0.1, 0.15) is 34.7 Å². The second-order valence-electron chi connectivity index (χ2n) is 16.2. The van der Waals surface area contributed by atoms with Crippen molar-refractivity contribution >= 4 is 44.7 Å². The summed E-state index contributed by atoms with van der Waals surface area (Å²) in [6.07, 6.45) is 9.70. The number of carboxylic acid groups (broad SMARTS) is 1. The highest BCUT2D eigenvalue weighted by atomic mass is 32.2. The van der Waals surface area contributed by atoms with Crippen LogP contribution in [0, 0.1) is 5.92 Å². The molecule has 53 heavy (non-hydrogen) atoms. The van der Waals surface area contributed by atoms with Crippen LogP contribution >= 0.6 is 0 Å². The maximum Gasteiger partial charge on any atom is 0.405 e. The third kappa shape index (κ3) is 6.48. The van der Waals surface area contributed by atoms with E-state index in [2.05, 4.69) is 15.4 Å². The number of fused-ring (bicyclic) bond motifs is 5. The predicted molar refractivity (Wildman–Crippen MR) is 193 cm³/mol. The number of hydrogen-bond acceptors (Lipinski definition) is 9. The first-order valence-electron chi connectivity index (χ1n) is 18.8. The minimum atomic E-state index is -3.99. The molecule has 4 heterocycles. The number of nitrogens with one attached hydrogen (secondary N) is 3. The zero-order chi connectivity index (χ0) is 37.3. The molecule has 15 heteroatoms. The molecule has 1 aromatic carbocycles. The summed E-state index contributed by atoms with van der Waals surface area (Å²) in [5.74, 6) is -0.786. The third-order valence-corrected chi connectivity index (χ3v) is 14.5. The van der Waals surface area contributed by atoms with E-state index in [0.717, 1.165) is 47.8 Å². The highest BCUT2D eigenvalue weighted by molar-refractivity contribution is 7.91. The van der Waals surface area contributed by atoms with E-state index in [9.17, 15) is 32.7 Å². The molecule has 284 valence electrons. The lowest BCUT2D eigenvalue weighted by Gasteiger charge is -2.37. The summed E-state index contributed by atoms with van der Waals surface area (Å²) in [4.78, 5) is 61.2. The average molecular weight is 750 g/mol. The van der Waals surface area contributed by atoms with E-state index in [1.54, 1.807) is 14.0 Å². The molecule has 4 amide bonds. The summed E-state index contributed by atoms with van der Waals surface area (Å²) in [6, 6.07) is 3.57. The minimum absolute atomic E-state index is 0.0245. The van der Waals surface area contributed by atoms with Gasteiger partial charge in [-0.15, -0.1) is 0 Å². The Balaban J connectivity index is 1.15. The molecule has 3 aliphatic heterocycles. The number of aryl methyl sites for hydroxylation is 1. The van der Waals surface area contributed by atoms with Crippen molar-refractivity contribution in [3.63, 3.8) is 0 Å². The molecule has 4 fully saturated rings. The molecule has 1 spiro atoms. The van der Waals surface area contributed by atoms with E-state index in [4.69, 9.17) is 14.5 Å². The van der Waals surface area contributed by atoms with Crippen molar-refractivity contribution in [2.45, 2.75) is 124 Å². The molecule has 4 N–H and O–H groups in total. The van der Waals surface area contributed by atoms with Crippen LogP contribution < -0.4 is 24.8 Å². The Kier molecular flexibility index (Phi) is 8.65. The molecule has 5 atom stereocenters. The van der Waals surface area contributed by atoms with Gasteiger partial charge in [-0.25, -0.2) is 18.2 Å². The summed E-state index contributed by atoms with van der Waals surface area (Å²) in [5, 5.41) is 16.0. The lowest BCUT2D eigenvalue weighted by molar-refractivity contribution is -0.141. The van der Waals surface area contributed by atoms with Crippen molar-refractivity contribution in [3.8, 4) is 11.5 Å². The van der Waals surface area contributed by atoms with E-state index < -0.39 is 67.7 Å². The number of hydrogen-bond donors (Lipinski definition) is 4. The van der Waals surface area contributed by atoms with Crippen molar-refractivity contribution in [1.82, 2.24) is 25.2 Å². The molecule has 0 unspecified atom stereocenters. The lowest BCUT2D eigenvalue weighted by Crippen LogP contribution is -2.58. The van der Waals surface area contributed by atoms with Crippen LogP contribution in [0.3, 0.4) is 0 Å². The smallest absolute Gasteiger partial charge is 0.405 e. The summed E-state index contributed by atoms with van der Waals surface area (Å²) in [6.45, 7) is 1.62. The number of ether oxygens (including phenoxy) is 2.